The molecule has 0 saturated carbocycles. The summed E-state index contributed by atoms with van der Waals surface area (Å²) in [6, 6.07) is 9.67. The van der Waals surface area contributed by atoms with Crippen LogP contribution in [0.15, 0.2) is 42.5 Å². The lowest BCUT2D eigenvalue weighted by Gasteiger charge is -2.22. The van der Waals surface area contributed by atoms with E-state index in [2.05, 4.69) is 15.6 Å². The van der Waals surface area contributed by atoms with Crippen LogP contribution in [0.2, 0.25) is 0 Å². The molecular formula is C22H24F2N4O2. The number of hydrogen-bond donors (Lipinski definition) is 2. The number of fused-ring (bicyclic) bond motifs is 1. The third-order valence-electron chi connectivity index (χ3n) is 4.76. The van der Waals surface area contributed by atoms with Gasteiger partial charge in [-0.3, -0.25) is 14.9 Å². The molecule has 0 aliphatic heterocycles. The Bertz CT molecular complexity index is 1060. The molecule has 0 aliphatic carbocycles. The minimum absolute atomic E-state index is 0.326. The molecule has 30 heavy (non-hydrogen) atoms. The molecule has 2 aromatic carbocycles. The van der Waals surface area contributed by atoms with Gasteiger partial charge < -0.3 is 9.88 Å². The Morgan fingerprint density at radius 3 is 2.37 bits per heavy atom. The van der Waals surface area contributed by atoms with Crippen molar-refractivity contribution < 1.29 is 18.4 Å². The number of carbonyl (C=O) groups is 2. The van der Waals surface area contributed by atoms with Crippen LogP contribution in [-0.2, 0) is 11.3 Å². The number of rotatable bonds is 7. The lowest BCUT2D eigenvalue weighted by molar-refractivity contribution is -0.119. The number of nitrogens with zero attached hydrogens (tertiary/aromatic N) is 2. The second-order valence-electron chi connectivity index (χ2n) is 7.36. The number of aryl methyl sites for hydroxylation is 1. The van der Waals surface area contributed by atoms with Crippen molar-refractivity contribution in [3.8, 4) is 0 Å². The number of anilines is 1. The maximum absolute atomic E-state index is 13.9. The summed E-state index contributed by atoms with van der Waals surface area (Å²) in [4.78, 5) is 29.9. The normalized spacial score (nSPS) is 12.2. The van der Waals surface area contributed by atoms with Crippen LogP contribution in [0.3, 0.4) is 0 Å². The zero-order valence-corrected chi connectivity index (χ0v) is 17.1. The van der Waals surface area contributed by atoms with E-state index in [4.69, 9.17) is 0 Å². The molecule has 0 unspecified atom stereocenters. The number of imidazole rings is 1. The highest BCUT2D eigenvalue weighted by Gasteiger charge is 2.28. The Morgan fingerprint density at radius 2 is 1.73 bits per heavy atom. The molecule has 158 valence electrons. The standard InChI is InChI=1S/C22H24F2N4O2/c1-4-12-28-17-11-6-5-10-16(17)25-22(28)27-21(30)19(13(2)3)26-20(29)18-14(23)8-7-9-15(18)24/h5-11,13,19H,4,12H2,1-3H3,(H,26,29)(H,25,27,30)/t19-/m1/s1. The number of benzene rings is 2. The van der Waals surface area contributed by atoms with Crippen LogP contribution in [0.25, 0.3) is 11.0 Å². The highest BCUT2D eigenvalue weighted by molar-refractivity contribution is 6.01. The van der Waals surface area contributed by atoms with Crippen LogP contribution in [0, 0.1) is 17.6 Å². The molecule has 1 aromatic heterocycles. The Hall–Kier alpha value is -3.29. The Kier molecular flexibility index (Phi) is 6.44. The molecule has 0 saturated heterocycles. The van der Waals surface area contributed by atoms with Gasteiger partial charge in [0.15, 0.2) is 0 Å². The summed E-state index contributed by atoms with van der Waals surface area (Å²) >= 11 is 0. The monoisotopic (exact) mass is 414 g/mol. The van der Waals surface area contributed by atoms with Crippen molar-refractivity contribution in [3.05, 3.63) is 59.7 Å². The van der Waals surface area contributed by atoms with E-state index >= 15 is 0 Å². The highest BCUT2D eigenvalue weighted by Crippen LogP contribution is 2.21. The average molecular weight is 414 g/mol. The summed E-state index contributed by atoms with van der Waals surface area (Å²) in [5.41, 5.74) is 0.905. The van der Waals surface area contributed by atoms with E-state index in [1.165, 1.54) is 6.07 Å². The smallest absolute Gasteiger partial charge is 0.257 e. The van der Waals surface area contributed by atoms with Crippen LogP contribution in [0.1, 0.15) is 37.6 Å². The van der Waals surface area contributed by atoms with Crippen molar-refractivity contribution in [2.24, 2.45) is 5.92 Å². The van der Waals surface area contributed by atoms with Crippen LogP contribution < -0.4 is 10.6 Å². The first-order chi connectivity index (χ1) is 14.3. The minimum Gasteiger partial charge on any atom is -0.340 e. The van der Waals surface area contributed by atoms with Gasteiger partial charge in [0.05, 0.1) is 11.0 Å². The van der Waals surface area contributed by atoms with Gasteiger partial charge in [0.25, 0.3) is 5.91 Å². The molecule has 0 fully saturated rings. The van der Waals surface area contributed by atoms with Crippen molar-refractivity contribution in [2.75, 3.05) is 5.32 Å². The maximum Gasteiger partial charge on any atom is 0.257 e. The van der Waals surface area contributed by atoms with Crippen molar-refractivity contribution in [2.45, 2.75) is 39.8 Å². The lowest BCUT2D eigenvalue weighted by atomic mass is 10.0. The van der Waals surface area contributed by atoms with E-state index < -0.39 is 35.1 Å². The summed E-state index contributed by atoms with van der Waals surface area (Å²) in [5.74, 6) is -3.43. The van der Waals surface area contributed by atoms with E-state index in [0.29, 0.717) is 12.5 Å². The fourth-order valence-electron chi connectivity index (χ4n) is 3.27. The number of halogens is 2. The zero-order chi connectivity index (χ0) is 21.8. The van der Waals surface area contributed by atoms with Gasteiger partial charge in [-0.05, 0) is 36.6 Å². The fourth-order valence-corrected chi connectivity index (χ4v) is 3.27. The number of nitrogens with one attached hydrogen (secondary N) is 2. The summed E-state index contributed by atoms with van der Waals surface area (Å²) < 4.78 is 29.8. The van der Waals surface area contributed by atoms with Gasteiger partial charge in [0, 0.05) is 6.54 Å². The third kappa shape index (κ3) is 4.32. The van der Waals surface area contributed by atoms with Crippen molar-refractivity contribution in [1.29, 1.82) is 0 Å². The van der Waals surface area contributed by atoms with Gasteiger partial charge in [-0.1, -0.05) is 39.0 Å². The molecule has 8 heteroatoms. The first-order valence-corrected chi connectivity index (χ1v) is 9.84. The number of amides is 2. The van der Waals surface area contributed by atoms with Gasteiger partial charge in [-0.25, -0.2) is 13.8 Å². The van der Waals surface area contributed by atoms with Crippen molar-refractivity contribution in [1.82, 2.24) is 14.9 Å². The van der Waals surface area contributed by atoms with Crippen LogP contribution in [0.4, 0.5) is 14.7 Å². The van der Waals surface area contributed by atoms with Gasteiger partial charge in [-0.2, -0.15) is 0 Å². The largest absolute Gasteiger partial charge is 0.340 e. The van der Waals surface area contributed by atoms with E-state index in [-0.39, 0.29) is 5.92 Å². The average Bonchev–Trinajstić information content (AvgIpc) is 3.03. The first-order valence-electron chi connectivity index (χ1n) is 9.84. The fraction of sp³-hybridized carbons (Fsp3) is 0.318. The summed E-state index contributed by atoms with van der Waals surface area (Å²) in [6.45, 7) is 6.13. The molecule has 0 spiro atoms. The van der Waals surface area contributed by atoms with E-state index in [1.807, 2.05) is 35.8 Å². The number of para-hydroxylation sites is 2. The molecule has 3 rings (SSSR count). The molecule has 0 radical (unpaired) electrons. The Morgan fingerprint density at radius 1 is 1.07 bits per heavy atom. The number of aromatic nitrogens is 2. The lowest BCUT2D eigenvalue weighted by Crippen LogP contribution is -2.47. The number of carbonyl (C=O) groups excluding carboxylic acids is 2. The van der Waals surface area contributed by atoms with Crippen LogP contribution >= 0.6 is 0 Å². The molecule has 1 atom stereocenters. The maximum atomic E-state index is 13.9. The second-order valence-corrected chi connectivity index (χ2v) is 7.36. The van der Waals surface area contributed by atoms with Gasteiger partial charge in [0.2, 0.25) is 11.9 Å². The molecule has 0 aliphatic rings. The van der Waals surface area contributed by atoms with E-state index in [9.17, 15) is 18.4 Å². The molecular weight excluding hydrogens is 390 g/mol. The predicted molar refractivity (Wildman–Crippen MR) is 111 cm³/mol. The van der Waals surface area contributed by atoms with Crippen molar-refractivity contribution in [3.63, 3.8) is 0 Å². The summed E-state index contributed by atoms with van der Waals surface area (Å²) in [5, 5.41) is 5.21. The van der Waals surface area contributed by atoms with E-state index in [1.54, 1.807) is 13.8 Å². The topological polar surface area (TPSA) is 76.0 Å². The minimum atomic E-state index is -1.01. The molecule has 1 heterocycles. The third-order valence-corrected chi connectivity index (χ3v) is 4.76. The number of hydrogen-bond acceptors (Lipinski definition) is 3. The Labute approximate surface area is 173 Å². The SMILES string of the molecule is CCCn1c(NC(=O)[C@H](NC(=O)c2c(F)cccc2F)C(C)C)nc2ccccc21. The predicted octanol–water partition coefficient (Wildman–Crippen LogP) is 4.12. The molecule has 0 bridgehead atoms. The van der Waals surface area contributed by atoms with Gasteiger partial charge in [0.1, 0.15) is 23.2 Å². The molecule has 2 amide bonds. The zero-order valence-electron chi connectivity index (χ0n) is 17.1. The molecule has 3 aromatic rings. The quantitative estimate of drug-likeness (QED) is 0.611. The summed E-state index contributed by atoms with van der Waals surface area (Å²) in [6.07, 6.45) is 0.833. The van der Waals surface area contributed by atoms with Crippen LogP contribution in [-0.4, -0.2) is 27.4 Å². The second kappa shape index (κ2) is 9.02. The van der Waals surface area contributed by atoms with Gasteiger partial charge >= 0.3 is 0 Å². The summed E-state index contributed by atoms with van der Waals surface area (Å²) in [7, 11) is 0. The van der Waals surface area contributed by atoms with Gasteiger partial charge in [-0.15, -0.1) is 0 Å². The van der Waals surface area contributed by atoms with Crippen LogP contribution in [0.5, 0.6) is 0 Å². The highest BCUT2D eigenvalue weighted by atomic mass is 19.1. The molecule has 2 N–H and O–H groups in total. The molecule has 6 nitrogen and oxygen atoms in total. The van der Waals surface area contributed by atoms with Crippen molar-refractivity contribution >= 4 is 28.8 Å². The Balaban J connectivity index is 1.86. The van der Waals surface area contributed by atoms with E-state index in [0.717, 1.165) is 29.6 Å². The first kappa shape index (κ1) is 21.4.